The van der Waals surface area contributed by atoms with E-state index in [1.165, 1.54) is 12.1 Å². The number of hydrogen-bond donors (Lipinski definition) is 3. The lowest BCUT2D eigenvalue weighted by atomic mass is 10.2. The van der Waals surface area contributed by atoms with E-state index in [1.54, 1.807) is 12.1 Å². The first-order valence-electron chi connectivity index (χ1n) is 6.03. The van der Waals surface area contributed by atoms with Crippen molar-refractivity contribution in [3.05, 3.63) is 35.7 Å². The van der Waals surface area contributed by atoms with Crippen molar-refractivity contribution in [1.82, 2.24) is 25.3 Å². The van der Waals surface area contributed by atoms with Crippen molar-refractivity contribution in [3.8, 4) is 11.8 Å². The maximum absolute atomic E-state index is 12.0. The van der Waals surface area contributed by atoms with Gasteiger partial charge in [0, 0.05) is 12.0 Å². The number of aliphatic hydroxyl groups is 1. The third kappa shape index (κ3) is 4.35. The summed E-state index contributed by atoms with van der Waals surface area (Å²) in [5, 5.41) is 21.5. The van der Waals surface area contributed by atoms with E-state index in [9.17, 15) is 8.42 Å². The molecule has 0 fully saturated rings. The minimum Gasteiger partial charge on any atom is -0.395 e. The molecule has 0 saturated heterocycles. The summed E-state index contributed by atoms with van der Waals surface area (Å²) in [5.41, 5.74) is 0.681. The third-order valence-corrected chi connectivity index (χ3v) is 3.86. The molecule has 1 aromatic carbocycles. The zero-order valence-electron chi connectivity index (χ0n) is 10.9. The van der Waals surface area contributed by atoms with Crippen molar-refractivity contribution in [2.75, 3.05) is 6.61 Å². The van der Waals surface area contributed by atoms with Gasteiger partial charge in [0.25, 0.3) is 0 Å². The normalized spacial score (nSPS) is 10.9. The highest BCUT2D eigenvalue weighted by Crippen LogP contribution is 2.10. The van der Waals surface area contributed by atoms with Gasteiger partial charge in [-0.2, -0.15) is 5.21 Å². The lowest BCUT2D eigenvalue weighted by Gasteiger charge is -2.04. The third-order valence-electron chi connectivity index (χ3n) is 2.44. The summed E-state index contributed by atoms with van der Waals surface area (Å²) in [6, 6.07) is 6.13. The van der Waals surface area contributed by atoms with E-state index in [0.29, 0.717) is 12.0 Å². The van der Waals surface area contributed by atoms with Gasteiger partial charge in [0.15, 0.2) is 5.82 Å². The molecule has 0 radical (unpaired) electrons. The number of sulfonamides is 1. The van der Waals surface area contributed by atoms with Crippen LogP contribution in [0, 0.1) is 11.8 Å². The summed E-state index contributed by atoms with van der Waals surface area (Å²) in [4.78, 5) is 0.124. The Kier molecular flexibility index (Phi) is 4.99. The molecular weight excluding hydrogens is 294 g/mol. The summed E-state index contributed by atoms with van der Waals surface area (Å²) < 4.78 is 26.4. The van der Waals surface area contributed by atoms with Gasteiger partial charge in [-0.1, -0.05) is 17.1 Å². The number of hydrogen-bond acceptors (Lipinski definition) is 6. The van der Waals surface area contributed by atoms with Crippen LogP contribution in [-0.2, 0) is 16.6 Å². The van der Waals surface area contributed by atoms with Crippen molar-refractivity contribution in [3.63, 3.8) is 0 Å². The summed E-state index contributed by atoms with van der Waals surface area (Å²) in [6.45, 7) is -0.0453. The number of aromatic amines is 1. The molecule has 2 aromatic rings. The van der Waals surface area contributed by atoms with Gasteiger partial charge in [0.2, 0.25) is 10.0 Å². The van der Waals surface area contributed by atoms with Crippen molar-refractivity contribution in [2.24, 2.45) is 0 Å². The van der Waals surface area contributed by atoms with Gasteiger partial charge in [0.05, 0.1) is 18.0 Å². The molecule has 1 aromatic heterocycles. The van der Waals surface area contributed by atoms with E-state index < -0.39 is 10.0 Å². The second-order valence-electron chi connectivity index (χ2n) is 3.95. The largest absolute Gasteiger partial charge is 0.395 e. The Hall–Kier alpha value is -2.28. The molecule has 110 valence electrons. The van der Waals surface area contributed by atoms with Crippen molar-refractivity contribution in [1.29, 1.82) is 0 Å². The van der Waals surface area contributed by atoms with Gasteiger partial charge < -0.3 is 5.11 Å². The summed E-state index contributed by atoms with van der Waals surface area (Å²) in [5.74, 6) is 5.84. The zero-order chi connectivity index (χ0) is 15.1. The first-order chi connectivity index (χ1) is 10.1. The Morgan fingerprint density at radius 1 is 1.29 bits per heavy atom. The molecule has 1 heterocycles. The van der Waals surface area contributed by atoms with E-state index >= 15 is 0 Å². The maximum Gasteiger partial charge on any atom is 0.240 e. The van der Waals surface area contributed by atoms with E-state index in [2.05, 4.69) is 37.2 Å². The number of H-pyrrole nitrogens is 1. The fourth-order valence-corrected chi connectivity index (χ4v) is 2.42. The maximum atomic E-state index is 12.0. The number of nitrogens with one attached hydrogen (secondary N) is 2. The van der Waals surface area contributed by atoms with E-state index in [4.69, 9.17) is 5.11 Å². The smallest absolute Gasteiger partial charge is 0.240 e. The molecule has 21 heavy (non-hydrogen) atoms. The van der Waals surface area contributed by atoms with Crippen LogP contribution in [0.2, 0.25) is 0 Å². The van der Waals surface area contributed by atoms with Crippen molar-refractivity contribution >= 4 is 10.0 Å². The number of rotatable bonds is 5. The number of benzene rings is 1. The minimum absolute atomic E-state index is 0.000530. The lowest BCUT2D eigenvalue weighted by molar-refractivity contribution is 0.305. The first kappa shape index (κ1) is 15.1. The van der Waals surface area contributed by atoms with E-state index in [-0.39, 0.29) is 23.9 Å². The number of nitrogens with zero attached hydrogens (tertiary/aromatic N) is 3. The summed E-state index contributed by atoms with van der Waals surface area (Å²) in [7, 11) is -3.64. The SMILES string of the molecule is O=S(=O)(NCc1nn[nH]n1)c1ccc(C#CCCO)cc1. The van der Waals surface area contributed by atoms with Crippen LogP contribution in [0.3, 0.4) is 0 Å². The molecule has 2 rings (SSSR count). The Balaban J connectivity index is 2.05. The molecule has 3 N–H and O–H groups in total. The summed E-state index contributed by atoms with van der Waals surface area (Å²) >= 11 is 0. The molecule has 0 aliphatic carbocycles. The van der Waals surface area contributed by atoms with Crippen LogP contribution in [0.1, 0.15) is 17.8 Å². The van der Waals surface area contributed by atoms with Gasteiger partial charge in [-0.15, -0.1) is 10.2 Å². The van der Waals surface area contributed by atoms with E-state index in [1.807, 2.05) is 0 Å². The predicted molar refractivity (Wildman–Crippen MR) is 73.2 cm³/mol. The quantitative estimate of drug-likeness (QED) is 0.635. The Bertz CT molecular complexity index is 729. The number of aliphatic hydroxyl groups excluding tert-OH is 1. The highest BCUT2D eigenvalue weighted by atomic mass is 32.2. The topological polar surface area (TPSA) is 121 Å². The average Bonchev–Trinajstić information content (AvgIpc) is 3.00. The molecule has 9 heteroatoms. The molecule has 0 amide bonds. The van der Waals surface area contributed by atoms with Gasteiger partial charge in [-0.3, -0.25) is 0 Å². The molecular formula is C12H13N5O3S. The highest BCUT2D eigenvalue weighted by Gasteiger charge is 2.14. The predicted octanol–water partition coefficient (Wildman–Crippen LogP) is -0.588. The molecule has 0 spiro atoms. The average molecular weight is 307 g/mol. The van der Waals surface area contributed by atoms with Crippen molar-refractivity contribution < 1.29 is 13.5 Å². The second-order valence-corrected chi connectivity index (χ2v) is 5.72. The van der Waals surface area contributed by atoms with Gasteiger partial charge in [-0.25, -0.2) is 13.1 Å². The molecule has 0 bridgehead atoms. The highest BCUT2D eigenvalue weighted by molar-refractivity contribution is 7.89. The van der Waals surface area contributed by atoms with Crippen LogP contribution in [0.5, 0.6) is 0 Å². The Labute approximate surface area is 121 Å². The van der Waals surface area contributed by atoms with Crippen LogP contribution in [0.15, 0.2) is 29.2 Å². The van der Waals surface area contributed by atoms with Crippen LogP contribution in [-0.4, -0.2) is 40.8 Å². The van der Waals surface area contributed by atoms with Crippen LogP contribution < -0.4 is 4.72 Å². The molecule has 0 atom stereocenters. The number of tetrazole rings is 1. The van der Waals surface area contributed by atoms with Gasteiger partial charge >= 0.3 is 0 Å². The molecule has 0 aliphatic heterocycles. The fraction of sp³-hybridized carbons (Fsp3) is 0.250. The Morgan fingerprint density at radius 2 is 2.05 bits per heavy atom. The first-order valence-corrected chi connectivity index (χ1v) is 7.52. The van der Waals surface area contributed by atoms with Crippen LogP contribution in [0.4, 0.5) is 0 Å². The second kappa shape index (κ2) is 6.94. The molecule has 0 unspecified atom stereocenters. The van der Waals surface area contributed by atoms with Crippen LogP contribution >= 0.6 is 0 Å². The molecule has 0 saturated carbocycles. The molecule has 0 aliphatic rings. The minimum atomic E-state index is -3.64. The van der Waals surface area contributed by atoms with Crippen LogP contribution in [0.25, 0.3) is 0 Å². The summed E-state index contributed by atoms with van der Waals surface area (Å²) in [6.07, 6.45) is 0.381. The van der Waals surface area contributed by atoms with Gasteiger partial charge in [0.1, 0.15) is 0 Å². The Morgan fingerprint density at radius 3 is 2.67 bits per heavy atom. The van der Waals surface area contributed by atoms with E-state index in [0.717, 1.165) is 0 Å². The van der Waals surface area contributed by atoms with Crippen molar-refractivity contribution in [2.45, 2.75) is 17.9 Å². The zero-order valence-corrected chi connectivity index (χ0v) is 11.8. The number of aromatic nitrogens is 4. The van der Waals surface area contributed by atoms with Gasteiger partial charge in [-0.05, 0) is 24.3 Å². The molecule has 8 nitrogen and oxygen atoms in total. The fourth-order valence-electron chi connectivity index (χ4n) is 1.44. The lowest BCUT2D eigenvalue weighted by Crippen LogP contribution is -2.23. The monoisotopic (exact) mass is 307 g/mol. The standard InChI is InChI=1S/C12H13N5O3S/c18-8-2-1-3-10-4-6-11(7-5-10)21(19,20)13-9-12-14-16-17-15-12/h4-7,13,18H,2,8-9H2,(H,14,15,16,17).